The van der Waals surface area contributed by atoms with Crippen LogP contribution in [-0.4, -0.2) is 33.2 Å². The lowest BCUT2D eigenvalue weighted by Crippen LogP contribution is -2.37. The molecule has 0 radical (unpaired) electrons. The van der Waals surface area contributed by atoms with E-state index in [1.807, 2.05) is 5.32 Å². The summed E-state index contributed by atoms with van der Waals surface area (Å²) in [6, 6.07) is 7.74. The number of nitrogens with one attached hydrogen (secondary N) is 2. The minimum Gasteiger partial charge on any atom is -0.346 e. The number of benzene rings is 2. The van der Waals surface area contributed by atoms with Gasteiger partial charge in [0.2, 0.25) is 11.8 Å². The van der Waals surface area contributed by atoms with Gasteiger partial charge in [-0.2, -0.15) is 8.78 Å². The lowest BCUT2D eigenvalue weighted by atomic mass is 10.2. The monoisotopic (exact) mass is 458 g/mol. The molecule has 1 heterocycles. The maximum Gasteiger partial charge on any atom is 0.321 e. The minimum atomic E-state index is -2.87. The summed E-state index contributed by atoms with van der Waals surface area (Å²) in [5, 5.41) is 3.29. The molecule has 1 aromatic heterocycles. The molecule has 0 aliphatic rings. The van der Waals surface area contributed by atoms with E-state index in [4.69, 9.17) is 0 Å². The van der Waals surface area contributed by atoms with Crippen LogP contribution in [0.3, 0.4) is 0 Å². The van der Waals surface area contributed by atoms with Gasteiger partial charge in [0, 0.05) is 0 Å². The standard InChI is InChI=1S/C19H15F5N4O2S/c1-9(31-19-27-11-4-2-3-5-13(11)28(19)18(23)24)17(30)25-8-14(29)26-12-7-6-10(20)15(21)16(12)22/h2-7,9,18H,8H2,1H3,(H,25,30)(H,26,29). The first kappa shape index (κ1) is 22.5. The number of nitrogens with zero attached hydrogens (tertiary/aromatic N) is 2. The number of alkyl halides is 2. The van der Waals surface area contributed by atoms with Gasteiger partial charge in [-0.15, -0.1) is 0 Å². The van der Waals surface area contributed by atoms with Crippen LogP contribution < -0.4 is 10.6 Å². The van der Waals surface area contributed by atoms with Crippen molar-refractivity contribution in [2.75, 3.05) is 11.9 Å². The van der Waals surface area contributed by atoms with Crippen molar-refractivity contribution in [3.8, 4) is 0 Å². The SMILES string of the molecule is CC(Sc1nc2ccccc2n1C(F)F)C(=O)NCC(=O)Nc1ccc(F)c(F)c1F. The number of carbonyl (C=O) groups excluding carboxylic acids is 2. The summed E-state index contributed by atoms with van der Waals surface area (Å²) in [6.07, 6.45) is 0. The predicted molar refractivity (Wildman–Crippen MR) is 104 cm³/mol. The van der Waals surface area contributed by atoms with Gasteiger partial charge in [0.05, 0.1) is 28.5 Å². The first-order valence-corrected chi connectivity index (χ1v) is 9.69. The Balaban J connectivity index is 1.61. The third kappa shape index (κ3) is 4.95. The van der Waals surface area contributed by atoms with Crippen molar-refractivity contribution in [1.29, 1.82) is 0 Å². The Morgan fingerprint density at radius 2 is 1.81 bits per heavy atom. The summed E-state index contributed by atoms with van der Waals surface area (Å²) < 4.78 is 67.3. The fourth-order valence-corrected chi connectivity index (χ4v) is 3.58. The van der Waals surface area contributed by atoms with Crippen molar-refractivity contribution < 1.29 is 31.5 Å². The Kier molecular flexibility index (Phi) is 6.78. The average Bonchev–Trinajstić information content (AvgIpc) is 3.10. The average molecular weight is 458 g/mol. The number of anilines is 1. The molecule has 31 heavy (non-hydrogen) atoms. The Morgan fingerprint density at radius 1 is 1.10 bits per heavy atom. The molecule has 0 bridgehead atoms. The zero-order chi connectivity index (χ0) is 22.7. The van der Waals surface area contributed by atoms with E-state index in [0.717, 1.165) is 17.8 Å². The quantitative estimate of drug-likeness (QED) is 0.318. The molecule has 12 heteroatoms. The summed E-state index contributed by atoms with van der Waals surface area (Å²) in [5.74, 6) is -6.29. The van der Waals surface area contributed by atoms with E-state index in [1.165, 1.54) is 13.0 Å². The molecular formula is C19H15F5N4O2S. The van der Waals surface area contributed by atoms with Crippen molar-refractivity contribution in [3.05, 3.63) is 53.8 Å². The van der Waals surface area contributed by atoms with Crippen LogP contribution in [0.25, 0.3) is 11.0 Å². The summed E-state index contributed by atoms with van der Waals surface area (Å²) in [7, 11) is 0. The van der Waals surface area contributed by atoms with Gasteiger partial charge in [-0.1, -0.05) is 23.9 Å². The Bertz CT molecular complexity index is 1140. The van der Waals surface area contributed by atoms with Crippen molar-refractivity contribution in [3.63, 3.8) is 0 Å². The van der Waals surface area contributed by atoms with Crippen LogP contribution >= 0.6 is 11.8 Å². The van der Waals surface area contributed by atoms with Gasteiger partial charge in [-0.25, -0.2) is 18.2 Å². The van der Waals surface area contributed by atoms with Crippen LogP contribution in [-0.2, 0) is 9.59 Å². The summed E-state index contributed by atoms with van der Waals surface area (Å²) in [4.78, 5) is 28.2. The molecule has 6 nitrogen and oxygen atoms in total. The third-order valence-electron chi connectivity index (χ3n) is 4.14. The summed E-state index contributed by atoms with van der Waals surface area (Å²) in [6.45, 7) is -2.04. The zero-order valence-electron chi connectivity index (χ0n) is 15.8. The van der Waals surface area contributed by atoms with Gasteiger partial charge in [-0.05, 0) is 31.2 Å². The molecule has 2 amide bonds. The van der Waals surface area contributed by atoms with Crippen molar-refractivity contribution in [2.45, 2.75) is 23.9 Å². The fraction of sp³-hybridized carbons (Fsp3) is 0.211. The molecule has 0 saturated carbocycles. The van der Waals surface area contributed by atoms with E-state index in [0.29, 0.717) is 16.2 Å². The first-order chi connectivity index (χ1) is 14.7. The molecule has 0 spiro atoms. The zero-order valence-corrected chi connectivity index (χ0v) is 16.7. The smallest absolute Gasteiger partial charge is 0.321 e. The largest absolute Gasteiger partial charge is 0.346 e. The normalized spacial score (nSPS) is 12.2. The lowest BCUT2D eigenvalue weighted by molar-refractivity contribution is -0.123. The predicted octanol–water partition coefficient (Wildman–Crippen LogP) is 4.08. The number of thioether (sulfide) groups is 1. The number of rotatable bonds is 7. The second kappa shape index (κ2) is 9.33. The van der Waals surface area contributed by atoms with Crippen molar-refractivity contribution >= 4 is 40.3 Å². The van der Waals surface area contributed by atoms with Crippen LogP contribution in [0.15, 0.2) is 41.6 Å². The molecule has 2 aromatic carbocycles. The van der Waals surface area contributed by atoms with E-state index >= 15 is 0 Å². The Morgan fingerprint density at radius 3 is 2.52 bits per heavy atom. The Hall–Kier alpha value is -3.15. The Labute approximate surface area is 176 Å². The molecule has 1 unspecified atom stereocenters. The van der Waals surface area contributed by atoms with Crippen molar-refractivity contribution in [2.24, 2.45) is 0 Å². The maximum atomic E-state index is 13.6. The molecule has 1 atom stereocenters. The summed E-state index contributed by atoms with van der Waals surface area (Å²) >= 11 is 0.771. The number of fused-ring (bicyclic) bond motifs is 1. The minimum absolute atomic E-state index is 0.0767. The number of imidazole rings is 1. The number of amides is 2. The van der Waals surface area contributed by atoms with Gasteiger partial charge in [0.25, 0.3) is 0 Å². The fourth-order valence-electron chi connectivity index (χ4n) is 2.63. The molecule has 0 aliphatic carbocycles. The summed E-state index contributed by atoms with van der Waals surface area (Å²) in [5.41, 5.74) is -0.0439. The van der Waals surface area contributed by atoms with Gasteiger partial charge < -0.3 is 10.6 Å². The molecule has 3 aromatic rings. The number of halogens is 5. The molecule has 3 rings (SSSR count). The van der Waals surface area contributed by atoms with Gasteiger partial charge in [0.15, 0.2) is 22.6 Å². The lowest BCUT2D eigenvalue weighted by Gasteiger charge is -2.13. The number of aromatic nitrogens is 2. The molecule has 0 fully saturated rings. The van der Waals surface area contributed by atoms with Gasteiger partial charge in [0.1, 0.15) is 0 Å². The molecule has 164 valence electrons. The number of hydrogen-bond acceptors (Lipinski definition) is 4. The number of carbonyl (C=O) groups is 2. The highest BCUT2D eigenvalue weighted by Gasteiger charge is 2.23. The highest BCUT2D eigenvalue weighted by molar-refractivity contribution is 8.00. The third-order valence-corrected chi connectivity index (χ3v) is 5.21. The highest BCUT2D eigenvalue weighted by Crippen LogP contribution is 2.31. The topological polar surface area (TPSA) is 76.0 Å². The first-order valence-electron chi connectivity index (χ1n) is 8.82. The molecule has 0 saturated heterocycles. The number of para-hydroxylation sites is 2. The second-order valence-electron chi connectivity index (χ2n) is 6.28. The van der Waals surface area contributed by atoms with Gasteiger partial charge >= 0.3 is 6.55 Å². The van der Waals surface area contributed by atoms with Crippen LogP contribution in [0.4, 0.5) is 27.6 Å². The molecule has 0 aliphatic heterocycles. The molecule has 2 N–H and O–H groups in total. The molecular weight excluding hydrogens is 443 g/mol. The van der Waals surface area contributed by atoms with E-state index in [2.05, 4.69) is 10.3 Å². The van der Waals surface area contributed by atoms with E-state index in [1.54, 1.807) is 18.2 Å². The number of hydrogen-bond donors (Lipinski definition) is 2. The highest BCUT2D eigenvalue weighted by atomic mass is 32.2. The van der Waals surface area contributed by atoms with Crippen LogP contribution in [0.5, 0.6) is 0 Å². The van der Waals surface area contributed by atoms with Crippen LogP contribution in [0.1, 0.15) is 13.5 Å². The van der Waals surface area contributed by atoms with E-state index in [-0.39, 0.29) is 10.7 Å². The van der Waals surface area contributed by atoms with E-state index < -0.39 is 53.3 Å². The van der Waals surface area contributed by atoms with Crippen molar-refractivity contribution in [1.82, 2.24) is 14.9 Å². The van der Waals surface area contributed by atoms with Crippen LogP contribution in [0, 0.1) is 17.5 Å². The second-order valence-corrected chi connectivity index (χ2v) is 7.59. The van der Waals surface area contributed by atoms with Gasteiger partial charge in [-0.3, -0.25) is 14.2 Å². The van der Waals surface area contributed by atoms with E-state index in [9.17, 15) is 31.5 Å². The van der Waals surface area contributed by atoms with Crippen LogP contribution in [0.2, 0.25) is 0 Å². The maximum absolute atomic E-state index is 13.6.